The molecule has 4 N–H and O–H groups in total. The molecule has 33 heavy (non-hydrogen) atoms. The maximum atomic E-state index is 12.2. The third-order valence-electron chi connectivity index (χ3n) is 5.20. The Kier molecular flexibility index (Phi) is 7.17. The number of fused-ring (bicyclic) bond motifs is 1. The molecule has 0 saturated carbocycles. The average Bonchev–Trinajstić information content (AvgIpc) is 3.39. The van der Waals surface area contributed by atoms with Crippen molar-refractivity contribution in [2.45, 2.75) is 45.5 Å². The number of hydrogen-bond donors (Lipinski definition) is 4. The molecule has 1 unspecified atom stereocenters. The van der Waals surface area contributed by atoms with Crippen LogP contribution in [0.25, 0.3) is 11.1 Å². The summed E-state index contributed by atoms with van der Waals surface area (Å²) < 4.78 is 33.8. The van der Waals surface area contributed by atoms with Gasteiger partial charge in [0, 0.05) is 42.1 Å². The van der Waals surface area contributed by atoms with Crippen LogP contribution in [0.3, 0.4) is 0 Å². The van der Waals surface area contributed by atoms with Crippen molar-refractivity contribution in [1.82, 2.24) is 25.4 Å². The first-order valence-corrected chi connectivity index (χ1v) is 10.5. The number of nitrogens with one attached hydrogen (secondary N) is 3. The zero-order valence-electron chi connectivity index (χ0n) is 18.0. The van der Waals surface area contributed by atoms with Crippen LogP contribution < -0.4 is 16.0 Å². The quantitative estimate of drug-likeness (QED) is 0.526. The van der Waals surface area contributed by atoms with Gasteiger partial charge in [-0.1, -0.05) is 25.4 Å². The minimum Gasteiger partial charge on any atom is -0.475 e. The monoisotopic (exact) mass is 488 g/mol. The Morgan fingerprint density at radius 1 is 1.30 bits per heavy atom. The highest BCUT2D eigenvalue weighted by atomic mass is 35.5. The number of anilines is 1. The molecule has 0 bridgehead atoms. The van der Waals surface area contributed by atoms with Crippen LogP contribution >= 0.6 is 11.6 Å². The highest BCUT2D eigenvalue weighted by molar-refractivity contribution is 6.33. The van der Waals surface area contributed by atoms with Gasteiger partial charge in [-0.25, -0.2) is 14.6 Å². The van der Waals surface area contributed by atoms with Crippen molar-refractivity contribution < 1.29 is 27.9 Å². The summed E-state index contributed by atoms with van der Waals surface area (Å²) in [4.78, 5) is 25.3. The fraction of sp³-hybridized carbons (Fsp3) is 0.500. The summed E-state index contributed by atoms with van der Waals surface area (Å²) in [7, 11) is 0. The van der Waals surface area contributed by atoms with E-state index in [-0.39, 0.29) is 17.5 Å². The van der Waals surface area contributed by atoms with Crippen molar-refractivity contribution >= 4 is 29.4 Å². The summed E-state index contributed by atoms with van der Waals surface area (Å²) >= 11 is 6.40. The Labute approximate surface area is 192 Å². The number of aliphatic carboxylic acids is 1. The lowest BCUT2D eigenvalue weighted by Crippen LogP contribution is -2.39. The highest BCUT2D eigenvalue weighted by Crippen LogP contribution is 2.39. The van der Waals surface area contributed by atoms with Crippen molar-refractivity contribution in [1.29, 1.82) is 0 Å². The fourth-order valence-electron chi connectivity index (χ4n) is 3.70. The van der Waals surface area contributed by atoms with Gasteiger partial charge in [-0.05, 0) is 30.9 Å². The number of hydrogen-bond acceptors (Lipinski definition) is 5. The van der Waals surface area contributed by atoms with Crippen LogP contribution in [0.2, 0.25) is 5.02 Å². The third kappa shape index (κ3) is 6.35. The van der Waals surface area contributed by atoms with Crippen molar-refractivity contribution in [2.75, 3.05) is 18.4 Å². The van der Waals surface area contributed by atoms with E-state index in [1.54, 1.807) is 6.20 Å². The maximum absolute atomic E-state index is 12.2. The number of alkyl halides is 3. The number of carbonyl (C=O) groups is 2. The average molecular weight is 489 g/mol. The van der Waals surface area contributed by atoms with Gasteiger partial charge in [-0.15, -0.1) is 0 Å². The van der Waals surface area contributed by atoms with Crippen molar-refractivity contribution in [3.63, 3.8) is 0 Å². The Balaban J connectivity index is 0.000000383. The zero-order chi connectivity index (χ0) is 24.4. The van der Waals surface area contributed by atoms with E-state index in [1.807, 2.05) is 16.9 Å². The number of carbonyl (C=O) groups excluding carboxylic acids is 1. The number of halogens is 4. The van der Waals surface area contributed by atoms with Crippen LogP contribution in [-0.4, -0.2) is 57.2 Å². The minimum absolute atomic E-state index is 0.156. The summed E-state index contributed by atoms with van der Waals surface area (Å²) in [6.07, 6.45) is 0.220. The summed E-state index contributed by atoms with van der Waals surface area (Å²) in [5.74, 6) is -2.28. The molecule has 0 aromatic carbocycles. The number of pyridine rings is 1. The molecule has 0 aliphatic carbocycles. The second-order valence-corrected chi connectivity index (χ2v) is 9.05. The molecule has 0 radical (unpaired) electrons. The van der Waals surface area contributed by atoms with Gasteiger partial charge in [0.1, 0.15) is 5.82 Å². The van der Waals surface area contributed by atoms with E-state index in [0.29, 0.717) is 10.8 Å². The second kappa shape index (κ2) is 9.56. The van der Waals surface area contributed by atoms with Crippen LogP contribution in [0.4, 0.5) is 23.8 Å². The van der Waals surface area contributed by atoms with Crippen LogP contribution in [-0.2, 0) is 17.8 Å². The van der Waals surface area contributed by atoms with Crippen LogP contribution in [0.15, 0.2) is 18.5 Å². The lowest BCUT2D eigenvalue weighted by molar-refractivity contribution is -0.192. The summed E-state index contributed by atoms with van der Waals surface area (Å²) in [5, 5.41) is 21.2. The van der Waals surface area contributed by atoms with Gasteiger partial charge in [0.15, 0.2) is 0 Å². The van der Waals surface area contributed by atoms with Crippen LogP contribution in [0.5, 0.6) is 0 Å². The molecule has 4 heterocycles. The van der Waals surface area contributed by atoms with Gasteiger partial charge in [-0.3, -0.25) is 10.00 Å². The second-order valence-electron chi connectivity index (χ2n) is 8.64. The summed E-state index contributed by atoms with van der Waals surface area (Å²) in [6.45, 7) is 7.08. The van der Waals surface area contributed by atoms with Gasteiger partial charge in [0.05, 0.1) is 11.2 Å². The van der Waals surface area contributed by atoms with Crippen molar-refractivity contribution in [3.05, 3.63) is 29.2 Å². The van der Waals surface area contributed by atoms with E-state index < -0.39 is 12.1 Å². The molecule has 2 aliphatic heterocycles. The standard InChI is InChI=1S/C18H23ClN6O.C2HF3O2/c1-18(2)6-15-13(8-22-25(15)10-18)12-5-16(21-9-14(12)19)24-17(26)23-11-3-4-20-7-11;3-2(4,5)1(6)7/h5,8-9,11,20H,3-4,6-7,10H2,1-2H3,(H2,21,23,24,26);(H,6,7). The third-order valence-corrected chi connectivity index (χ3v) is 5.50. The van der Waals surface area contributed by atoms with Gasteiger partial charge in [0.2, 0.25) is 0 Å². The zero-order valence-corrected chi connectivity index (χ0v) is 18.7. The Morgan fingerprint density at radius 2 is 2.00 bits per heavy atom. The van der Waals surface area contributed by atoms with Gasteiger partial charge < -0.3 is 15.7 Å². The summed E-state index contributed by atoms with van der Waals surface area (Å²) in [5.41, 5.74) is 3.22. The van der Waals surface area contributed by atoms with E-state index in [0.717, 1.165) is 43.6 Å². The highest BCUT2D eigenvalue weighted by Gasteiger charge is 2.38. The summed E-state index contributed by atoms with van der Waals surface area (Å²) in [6, 6.07) is 1.72. The molecule has 2 aromatic heterocycles. The minimum atomic E-state index is -5.08. The molecule has 180 valence electrons. The van der Waals surface area contributed by atoms with Gasteiger partial charge in [-0.2, -0.15) is 18.3 Å². The SMILES string of the molecule is CC1(C)Cc2c(-c3cc(NC(=O)NC4CCNC4)ncc3Cl)cnn2C1.O=C(O)C(F)(F)F. The molecule has 1 saturated heterocycles. The van der Waals surface area contributed by atoms with E-state index in [4.69, 9.17) is 21.5 Å². The van der Waals surface area contributed by atoms with Crippen molar-refractivity contribution in [3.8, 4) is 11.1 Å². The van der Waals surface area contributed by atoms with E-state index in [2.05, 4.69) is 39.9 Å². The van der Waals surface area contributed by atoms with Gasteiger partial charge >= 0.3 is 18.2 Å². The first-order valence-electron chi connectivity index (χ1n) is 10.1. The van der Waals surface area contributed by atoms with E-state index in [1.165, 1.54) is 5.69 Å². The molecular weight excluding hydrogens is 465 g/mol. The molecule has 2 amide bonds. The molecule has 2 aromatic rings. The van der Waals surface area contributed by atoms with Gasteiger partial charge in [0.25, 0.3) is 0 Å². The first kappa shape index (κ1) is 24.8. The van der Waals surface area contributed by atoms with E-state index >= 15 is 0 Å². The molecule has 1 fully saturated rings. The van der Waals surface area contributed by atoms with E-state index in [9.17, 15) is 18.0 Å². The van der Waals surface area contributed by atoms with Crippen LogP contribution in [0.1, 0.15) is 26.0 Å². The normalized spacial score (nSPS) is 18.8. The molecule has 9 nitrogen and oxygen atoms in total. The molecule has 4 rings (SSSR count). The molecule has 0 spiro atoms. The Bertz CT molecular complexity index is 1030. The topological polar surface area (TPSA) is 121 Å². The predicted molar refractivity (Wildman–Crippen MR) is 115 cm³/mol. The van der Waals surface area contributed by atoms with Crippen LogP contribution in [0, 0.1) is 5.41 Å². The Morgan fingerprint density at radius 3 is 2.61 bits per heavy atom. The maximum Gasteiger partial charge on any atom is 0.490 e. The number of carboxylic acid groups (broad SMARTS) is 1. The molecule has 1 atom stereocenters. The molecule has 13 heteroatoms. The Hall–Kier alpha value is -2.86. The first-order chi connectivity index (χ1) is 15.4. The largest absolute Gasteiger partial charge is 0.490 e. The molecule has 2 aliphatic rings. The molecular formula is C20H24ClF3N6O3. The lowest BCUT2D eigenvalue weighted by Gasteiger charge is -2.15. The number of nitrogens with zero attached hydrogens (tertiary/aromatic N) is 3. The number of urea groups is 1. The predicted octanol–water partition coefficient (Wildman–Crippen LogP) is 3.30. The number of aromatic nitrogens is 3. The smallest absolute Gasteiger partial charge is 0.475 e. The fourth-order valence-corrected chi connectivity index (χ4v) is 3.91. The lowest BCUT2D eigenvalue weighted by atomic mass is 9.89. The number of rotatable bonds is 3. The number of amides is 2. The number of carboxylic acids is 1. The van der Waals surface area contributed by atoms with Crippen molar-refractivity contribution in [2.24, 2.45) is 5.41 Å².